The Morgan fingerprint density at radius 2 is 2.00 bits per heavy atom. The molecule has 0 saturated carbocycles. The minimum Gasteiger partial charge on any atom is -0.327 e. The second kappa shape index (κ2) is 5.35. The molecule has 18 heavy (non-hydrogen) atoms. The molecule has 1 aliphatic rings. The standard InChI is InChI=1S/C11H14Cl2N2O2S/c12-10-4-3-9(6-11(10)13)18(16,17)15-5-1-2-8(14)7-15/h3-4,6,8H,1-2,5,7,14H2. The SMILES string of the molecule is NC1CCCN(S(=O)(=O)c2ccc(Cl)c(Cl)c2)C1. The normalized spacial score (nSPS) is 22.1. The van der Waals surface area contributed by atoms with Crippen molar-refractivity contribution in [1.82, 2.24) is 4.31 Å². The molecule has 1 saturated heterocycles. The van der Waals surface area contributed by atoms with Gasteiger partial charge in [0.2, 0.25) is 10.0 Å². The van der Waals surface area contributed by atoms with Crippen molar-refractivity contribution in [2.24, 2.45) is 5.73 Å². The Balaban J connectivity index is 2.32. The van der Waals surface area contributed by atoms with E-state index in [0.717, 1.165) is 12.8 Å². The van der Waals surface area contributed by atoms with E-state index >= 15 is 0 Å². The van der Waals surface area contributed by atoms with Crippen molar-refractivity contribution < 1.29 is 8.42 Å². The van der Waals surface area contributed by atoms with Gasteiger partial charge in [-0.3, -0.25) is 0 Å². The molecule has 4 nitrogen and oxygen atoms in total. The van der Waals surface area contributed by atoms with Crippen molar-refractivity contribution in [2.75, 3.05) is 13.1 Å². The highest BCUT2D eigenvalue weighted by Crippen LogP contribution is 2.27. The summed E-state index contributed by atoms with van der Waals surface area (Å²) < 4.78 is 26.1. The van der Waals surface area contributed by atoms with Gasteiger partial charge in [-0.2, -0.15) is 4.31 Å². The quantitative estimate of drug-likeness (QED) is 0.910. The lowest BCUT2D eigenvalue weighted by Gasteiger charge is -2.29. The molecule has 1 heterocycles. The van der Waals surface area contributed by atoms with Gasteiger partial charge in [0.1, 0.15) is 0 Å². The van der Waals surface area contributed by atoms with Crippen molar-refractivity contribution in [2.45, 2.75) is 23.8 Å². The average Bonchev–Trinajstić information content (AvgIpc) is 2.32. The lowest BCUT2D eigenvalue weighted by atomic mass is 10.1. The lowest BCUT2D eigenvalue weighted by molar-refractivity contribution is 0.316. The number of nitrogens with zero attached hydrogens (tertiary/aromatic N) is 1. The van der Waals surface area contributed by atoms with E-state index in [1.165, 1.54) is 22.5 Å². The fourth-order valence-electron chi connectivity index (χ4n) is 1.98. The van der Waals surface area contributed by atoms with Gasteiger partial charge in [0, 0.05) is 19.1 Å². The topological polar surface area (TPSA) is 63.4 Å². The summed E-state index contributed by atoms with van der Waals surface area (Å²) in [6.07, 6.45) is 1.63. The highest BCUT2D eigenvalue weighted by Gasteiger charge is 2.29. The molecule has 100 valence electrons. The monoisotopic (exact) mass is 308 g/mol. The van der Waals surface area contributed by atoms with Crippen LogP contribution < -0.4 is 5.73 Å². The summed E-state index contributed by atoms with van der Waals surface area (Å²) in [6.45, 7) is 0.846. The van der Waals surface area contributed by atoms with Gasteiger partial charge < -0.3 is 5.73 Å². The van der Waals surface area contributed by atoms with Gasteiger partial charge in [0.05, 0.1) is 14.9 Å². The third-order valence-electron chi connectivity index (χ3n) is 2.95. The molecule has 2 rings (SSSR count). The fraction of sp³-hybridized carbons (Fsp3) is 0.455. The Bertz CT molecular complexity index is 548. The molecule has 1 aromatic rings. The van der Waals surface area contributed by atoms with Gasteiger partial charge in [0.25, 0.3) is 0 Å². The molecule has 1 fully saturated rings. The van der Waals surface area contributed by atoms with E-state index in [4.69, 9.17) is 28.9 Å². The number of rotatable bonds is 2. The zero-order chi connectivity index (χ0) is 13.3. The third-order valence-corrected chi connectivity index (χ3v) is 5.55. The molecule has 1 atom stereocenters. The van der Waals surface area contributed by atoms with Crippen LogP contribution in [-0.2, 0) is 10.0 Å². The van der Waals surface area contributed by atoms with Gasteiger partial charge in [-0.05, 0) is 31.0 Å². The molecule has 1 aromatic carbocycles. The largest absolute Gasteiger partial charge is 0.327 e. The van der Waals surface area contributed by atoms with E-state index in [9.17, 15) is 8.42 Å². The maximum Gasteiger partial charge on any atom is 0.243 e. The first-order valence-electron chi connectivity index (χ1n) is 5.62. The molecule has 0 bridgehead atoms. The van der Waals surface area contributed by atoms with Crippen LogP contribution in [0.2, 0.25) is 10.0 Å². The Morgan fingerprint density at radius 3 is 2.61 bits per heavy atom. The lowest BCUT2D eigenvalue weighted by Crippen LogP contribution is -2.45. The van der Waals surface area contributed by atoms with Gasteiger partial charge in [-0.1, -0.05) is 23.2 Å². The summed E-state index contributed by atoms with van der Waals surface area (Å²) in [6, 6.07) is 4.22. The Hall–Kier alpha value is -0.330. The average molecular weight is 309 g/mol. The molecule has 1 aliphatic heterocycles. The molecule has 0 aliphatic carbocycles. The van der Waals surface area contributed by atoms with E-state index in [1.54, 1.807) is 0 Å². The van der Waals surface area contributed by atoms with Crippen LogP contribution in [0.5, 0.6) is 0 Å². The Labute approximate surface area is 117 Å². The summed E-state index contributed by atoms with van der Waals surface area (Å²) in [5.74, 6) is 0. The minimum absolute atomic E-state index is 0.101. The highest BCUT2D eigenvalue weighted by atomic mass is 35.5. The predicted octanol–water partition coefficient (Wildman–Crippen LogP) is 2.11. The van der Waals surface area contributed by atoms with Gasteiger partial charge in [-0.25, -0.2) is 8.42 Å². The van der Waals surface area contributed by atoms with Crippen LogP contribution in [0.25, 0.3) is 0 Å². The molecule has 0 aromatic heterocycles. The minimum atomic E-state index is -3.52. The molecule has 7 heteroatoms. The van der Waals surface area contributed by atoms with Crippen molar-refractivity contribution in [1.29, 1.82) is 0 Å². The first-order chi connectivity index (χ1) is 8.41. The smallest absolute Gasteiger partial charge is 0.243 e. The highest BCUT2D eigenvalue weighted by molar-refractivity contribution is 7.89. The Kier molecular flexibility index (Phi) is 4.18. The maximum atomic E-state index is 12.4. The summed E-state index contributed by atoms with van der Waals surface area (Å²) >= 11 is 11.6. The van der Waals surface area contributed by atoms with Crippen LogP contribution in [0, 0.1) is 0 Å². The van der Waals surface area contributed by atoms with Gasteiger partial charge >= 0.3 is 0 Å². The number of piperidine rings is 1. The van der Waals surface area contributed by atoms with Crippen LogP contribution in [0.15, 0.2) is 23.1 Å². The number of halogens is 2. The number of sulfonamides is 1. The number of hydrogen-bond acceptors (Lipinski definition) is 3. The van der Waals surface area contributed by atoms with Crippen molar-refractivity contribution in [3.05, 3.63) is 28.2 Å². The summed E-state index contributed by atoms with van der Waals surface area (Å²) in [4.78, 5) is 0.158. The van der Waals surface area contributed by atoms with E-state index in [-0.39, 0.29) is 16.0 Å². The van der Waals surface area contributed by atoms with Gasteiger partial charge in [0.15, 0.2) is 0 Å². The van der Waals surface area contributed by atoms with Crippen LogP contribution in [0.3, 0.4) is 0 Å². The second-order valence-corrected chi connectivity index (χ2v) is 7.09. The zero-order valence-electron chi connectivity index (χ0n) is 9.64. The molecule has 2 N–H and O–H groups in total. The molecular weight excluding hydrogens is 295 g/mol. The third kappa shape index (κ3) is 2.81. The van der Waals surface area contributed by atoms with Crippen molar-refractivity contribution in [3.8, 4) is 0 Å². The summed E-state index contributed by atoms with van der Waals surface area (Å²) in [5.41, 5.74) is 5.80. The first kappa shape index (κ1) is 14.1. The van der Waals surface area contributed by atoms with Crippen LogP contribution in [-0.4, -0.2) is 31.9 Å². The fourth-order valence-corrected chi connectivity index (χ4v) is 3.90. The van der Waals surface area contributed by atoms with Crippen LogP contribution in [0.4, 0.5) is 0 Å². The van der Waals surface area contributed by atoms with E-state index in [1.807, 2.05) is 0 Å². The second-order valence-electron chi connectivity index (χ2n) is 4.34. The van der Waals surface area contributed by atoms with E-state index < -0.39 is 10.0 Å². The summed E-state index contributed by atoms with van der Waals surface area (Å²) in [7, 11) is -3.52. The van der Waals surface area contributed by atoms with E-state index in [2.05, 4.69) is 0 Å². The molecule has 1 unspecified atom stereocenters. The Morgan fingerprint density at radius 1 is 1.28 bits per heavy atom. The molecular formula is C11H14Cl2N2O2S. The number of hydrogen-bond donors (Lipinski definition) is 1. The van der Waals surface area contributed by atoms with Crippen LogP contribution >= 0.6 is 23.2 Å². The van der Waals surface area contributed by atoms with E-state index in [0.29, 0.717) is 18.1 Å². The van der Waals surface area contributed by atoms with Crippen molar-refractivity contribution >= 4 is 33.2 Å². The first-order valence-corrected chi connectivity index (χ1v) is 7.81. The van der Waals surface area contributed by atoms with Crippen molar-refractivity contribution in [3.63, 3.8) is 0 Å². The summed E-state index contributed by atoms with van der Waals surface area (Å²) in [5, 5.41) is 0.574. The maximum absolute atomic E-state index is 12.4. The molecule has 0 amide bonds. The van der Waals surface area contributed by atoms with Crippen LogP contribution in [0.1, 0.15) is 12.8 Å². The number of nitrogens with two attached hydrogens (primary N) is 1. The zero-order valence-corrected chi connectivity index (χ0v) is 12.0. The predicted molar refractivity (Wildman–Crippen MR) is 72.4 cm³/mol. The number of benzene rings is 1. The molecule has 0 radical (unpaired) electrons. The van der Waals surface area contributed by atoms with Gasteiger partial charge in [-0.15, -0.1) is 0 Å². The molecule has 0 spiro atoms.